The summed E-state index contributed by atoms with van der Waals surface area (Å²) in [6.45, 7) is 17.3. The Morgan fingerprint density at radius 1 is 0.725 bits per heavy atom. The van der Waals surface area contributed by atoms with Crippen molar-refractivity contribution in [2.75, 3.05) is 83.7 Å². The lowest BCUT2D eigenvalue weighted by Crippen LogP contribution is -2.56. The van der Waals surface area contributed by atoms with E-state index in [-0.39, 0.29) is 60.1 Å². The Morgan fingerprint density at radius 3 is 1.76 bits per heavy atom. The molecule has 0 saturated carbocycles. The van der Waals surface area contributed by atoms with Crippen LogP contribution in [0.2, 0.25) is 0 Å². The first-order chi connectivity index (χ1) is 37.6. The Hall–Kier alpha value is -6.85. The first kappa shape index (κ1) is 59.3. The largest absolute Gasteiger partial charge is 0.474 e. The Labute approximate surface area is 457 Å². The van der Waals surface area contributed by atoms with Gasteiger partial charge in [0.15, 0.2) is 40.7 Å². The molecule has 4 fully saturated rings. The van der Waals surface area contributed by atoms with Crippen LogP contribution in [0.25, 0.3) is 0 Å². The van der Waals surface area contributed by atoms with Crippen molar-refractivity contribution in [1.82, 2.24) is 40.3 Å². The number of urea groups is 1. The van der Waals surface area contributed by atoms with Gasteiger partial charge in [-0.2, -0.15) is 26.3 Å². The molecule has 0 aliphatic carbocycles. The van der Waals surface area contributed by atoms with Crippen molar-refractivity contribution in [3.05, 3.63) is 47.3 Å². The van der Waals surface area contributed by atoms with Crippen molar-refractivity contribution in [3.63, 3.8) is 0 Å². The van der Waals surface area contributed by atoms with Gasteiger partial charge in [0, 0.05) is 57.2 Å². The summed E-state index contributed by atoms with van der Waals surface area (Å²) in [6, 6.07) is 5.84. The molecule has 4 N–H and O–H groups in total. The molecule has 4 aromatic heterocycles. The number of Topliss-reactive ketones (excluding diaryl/α,β-unsaturated/α-hetero) is 2. The van der Waals surface area contributed by atoms with Crippen LogP contribution < -0.4 is 40.5 Å². The number of anilines is 6. The smallest absolute Gasteiger partial charge is 0.391 e. The third kappa shape index (κ3) is 14.9. The van der Waals surface area contributed by atoms with Gasteiger partial charge in [-0.25, -0.2) is 24.7 Å². The number of nitrogen functional groups attached to an aromatic ring is 1. The van der Waals surface area contributed by atoms with Crippen molar-refractivity contribution in [2.45, 2.75) is 142 Å². The number of halogens is 6. The number of aryl methyl sites for hydroxylation is 2. The highest BCUT2D eigenvalue weighted by molar-refractivity contribution is 6.05. The number of nitrogens with two attached hydrogens (primary N) is 1. The maximum atomic E-state index is 13.6. The van der Waals surface area contributed by atoms with E-state index in [1.807, 2.05) is 32.6 Å². The summed E-state index contributed by atoms with van der Waals surface area (Å²) >= 11 is 0. The van der Waals surface area contributed by atoms with Crippen LogP contribution >= 0.6 is 0 Å². The summed E-state index contributed by atoms with van der Waals surface area (Å²) < 4.78 is 110. The van der Waals surface area contributed by atoms with Gasteiger partial charge in [-0.1, -0.05) is 13.8 Å². The van der Waals surface area contributed by atoms with E-state index in [1.54, 1.807) is 32.0 Å². The minimum atomic E-state index is -4.52. The number of carbonyl (C=O) groups is 3. The average molecular weight is 1130 g/mol. The maximum absolute atomic E-state index is 13.6. The molecule has 10 heterocycles. The molecule has 80 heavy (non-hydrogen) atoms. The van der Waals surface area contributed by atoms with Crippen molar-refractivity contribution >= 4 is 52.2 Å². The number of nitrogens with one attached hydrogen (secondary N) is 2. The highest BCUT2D eigenvalue weighted by Crippen LogP contribution is 2.41. The summed E-state index contributed by atoms with van der Waals surface area (Å²) in [6.07, 6.45) is -7.07. The van der Waals surface area contributed by atoms with Crippen LogP contribution in [0.4, 0.5) is 65.8 Å². The van der Waals surface area contributed by atoms with E-state index in [0.29, 0.717) is 73.9 Å². The Morgan fingerprint density at radius 2 is 1.25 bits per heavy atom. The molecule has 10 rings (SSSR count). The predicted molar refractivity (Wildman–Crippen MR) is 277 cm³/mol. The number of rotatable bonds is 13. The van der Waals surface area contributed by atoms with Crippen molar-refractivity contribution < 1.29 is 69.1 Å². The van der Waals surface area contributed by atoms with Gasteiger partial charge in [-0.15, -0.1) is 20.4 Å². The Balaban J connectivity index is 0.000000180. The van der Waals surface area contributed by atoms with Crippen LogP contribution in [-0.2, 0) is 18.9 Å². The molecular formula is C51H66F6N14O9. The van der Waals surface area contributed by atoms with E-state index in [0.717, 1.165) is 51.9 Å². The number of fused-ring (bicyclic) bond motifs is 8. The second kappa shape index (κ2) is 24.1. The number of hydrogen-bond acceptors (Lipinski definition) is 21. The number of nitrogens with zero attached hydrogens (tertiary/aromatic N) is 11. The second-order valence-corrected chi connectivity index (χ2v) is 21.3. The molecule has 0 radical (unpaired) electrons. The highest BCUT2D eigenvalue weighted by atomic mass is 19.4. The molecule has 6 aliphatic heterocycles. The fraction of sp³-hybridized carbons (Fsp3) is 0.627. The first-order valence-electron chi connectivity index (χ1n) is 26.3. The number of piperidine rings is 2. The molecular weight excluding hydrogens is 1070 g/mol. The normalized spacial score (nSPS) is 22.2. The summed E-state index contributed by atoms with van der Waals surface area (Å²) in [7, 11) is 0. The SMILES string of the molecule is CC1(C)OC[C@@H](COc2ccc(N)nn2)O1.Cc1nc(C(=O)C[C@H](C)C(F)(F)F)nc2c1N1CCC[C@@H](C1)N2.Cc1nc(C(=O)C[C@H](C)C(F)(F)F)nc2c1N1CCC[C@@H](C1)N2C(=O)Nc1ccc(OC[C@@H]2COC(C)(C)O2)nn1. The van der Waals surface area contributed by atoms with Gasteiger partial charge in [-0.3, -0.25) is 19.8 Å². The zero-order valence-electron chi connectivity index (χ0n) is 45.6. The zero-order chi connectivity index (χ0) is 57.9. The topological polar surface area (TPSA) is 270 Å². The number of carbonyl (C=O) groups excluding carboxylic acids is 3. The summed E-state index contributed by atoms with van der Waals surface area (Å²) in [5.41, 5.74) is 7.89. The van der Waals surface area contributed by atoms with Crippen molar-refractivity contribution in [2.24, 2.45) is 11.8 Å². The second-order valence-electron chi connectivity index (χ2n) is 21.3. The molecule has 0 aromatic carbocycles. The predicted octanol–water partition coefficient (Wildman–Crippen LogP) is 7.44. The Kier molecular flexibility index (Phi) is 17.8. The molecule has 4 saturated heterocycles. The fourth-order valence-corrected chi connectivity index (χ4v) is 9.74. The van der Waals surface area contributed by atoms with Crippen molar-refractivity contribution in [1.29, 1.82) is 0 Å². The molecule has 4 bridgehead atoms. The molecule has 4 aromatic rings. The van der Waals surface area contributed by atoms with Gasteiger partial charge in [0.2, 0.25) is 23.3 Å². The van der Waals surface area contributed by atoms with Crippen LogP contribution in [-0.4, -0.2) is 159 Å². The average Bonchev–Trinajstić information content (AvgIpc) is 3.93. The van der Waals surface area contributed by atoms with Gasteiger partial charge >= 0.3 is 18.4 Å². The van der Waals surface area contributed by atoms with Crippen LogP contribution in [0.1, 0.15) is 113 Å². The van der Waals surface area contributed by atoms with Crippen LogP contribution in [0.3, 0.4) is 0 Å². The van der Waals surface area contributed by atoms with E-state index in [2.05, 4.69) is 55.9 Å². The number of hydrogen-bond donors (Lipinski definition) is 3. The van der Waals surface area contributed by atoms with E-state index in [1.165, 1.54) is 11.0 Å². The quantitative estimate of drug-likeness (QED) is 0.0867. The summed E-state index contributed by atoms with van der Waals surface area (Å²) in [5.74, 6) is -4.80. The summed E-state index contributed by atoms with van der Waals surface area (Å²) in [4.78, 5) is 61.0. The monoisotopic (exact) mass is 1130 g/mol. The van der Waals surface area contributed by atoms with Gasteiger partial charge in [0.1, 0.15) is 42.6 Å². The molecule has 0 unspecified atom stereocenters. The first-order valence-corrected chi connectivity index (χ1v) is 26.3. The molecule has 0 spiro atoms. The summed E-state index contributed by atoms with van der Waals surface area (Å²) in [5, 5.41) is 21.5. The minimum absolute atomic E-state index is 0.0747. The lowest BCUT2D eigenvalue weighted by atomic mass is 9.99. The van der Waals surface area contributed by atoms with E-state index in [4.69, 9.17) is 34.2 Å². The van der Waals surface area contributed by atoms with Gasteiger partial charge in [0.25, 0.3) is 0 Å². The van der Waals surface area contributed by atoms with E-state index < -0.39 is 66.2 Å². The van der Waals surface area contributed by atoms with Crippen LogP contribution in [0.5, 0.6) is 11.8 Å². The molecule has 2 amide bonds. The highest BCUT2D eigenvalue weighted by Gasteiger charge is 2.43. The van der Waals surface area contributed by atoms with Gasteiger partial charge in [-0.05, 0) is 79.4 Å². The molecule has 6 aliphatic rings. The van der Waals surface area contributed by atoms with Crippen LogP contribution in [0, 0.1) is 25.7 Å². The lowest BCUT2D eigenvalue weighted by molar-refractivity contribution is -0.169. The number of ether oxygens (including phenoxy) is 6. The van der Waals surface area contributed by atoms with Crippen molar-refractivity contribution in [3.8, 4) is 11.8 Å². The van der Waals surface area contributed by atoms with Crippen LogP contribution in [0.15, 0.2) is 24.3 Å². The van der Waals surface area contributed by atoms with Gasteiger partial charge in [0.05, 0.1) is 42.5 Å². The molecule has 23 nitrogen and oxygen atoms in total. The molecule has 6 atom stereocenters. The molecule has 29 heteroatoms. The Bertz CT molecular complexity index is 2850. The number of ketones is 2. The minimum Gasteiger partial charge on any atom is -0.474 e. The zero-order valence-corrected chi connectivity index (χ0v) is 45.6. The standard InChI is InChI=1S/C26H32F3N7O5.C15H19F3N4O.C10H15N3O3/c1-14(26(27,28)29)10-18(37)22-30-15(2)21-23(32-22)36(16-6-5-9-35(21)11-16)24(38)31-19-7-8-20(34-33-19)39-12-17-13-40-25(3,4)41-17;1-8(15(16,17)18)6-11(23)13-19-9(2)12-14(21-13)20-10-4-3-5-22(12)7-10;1-10(2)15-6-7(16-10)5-14-9-4-3-8(11)12-13-9/h7-8,14,16-17H,5-6,9-13H2,1-4H3,(H,31,33,38);8,10H,3-7H2,1-2H3,(H,19,20,21);3-4,7H,5-6H2,1-2H3,(H2,11,12)/t14-,16-,17+;8-,10-;7-/m001/s1. The van der Waals surface area contributed by atoms with E-state index in [9.17, 15) is 40.7 Å². The van der Waals surface area contributed by atoms with E-state index >= 15 is 0 Å². The maximum Gasteiger partial charge on any atom is 0.391 e. The lowest BCUT2D eigenvalue weighted by Gasteiger charge is -2.46. The number of aromatic nitrogens is 8. The number of alkyl halides is 6. The fourth-order valence-electron chi connectivity index (χ4n) is 9.74. The number of amides is 2. The third-order valence-electron chi connectivity index (χ3n) is 13.8. The van der Waals surface area contributed by atoms with Gasteiger partial charge < -0.3 is 49.3 Å². The molecule has 436 valence electrons. The third-order valence-corrected chi connectivity index (χ3v) is 13.8.